The van der Waals surface area contributed by atoms with Crippen molar-refractivity contribution < 1.29 is 14.3 Å². The van der Waals surface area contributed by atoms with Gasteiger partial charge in [0.15, 0.2) is 0 Å². The van der Waals surface area contributed by atoms with Crippen LogP contribution >= 0.6 is 0 Å². The minimum Gasteiger partial charge on any atom is -0.400 e. The van der Waals surface area contributed by atoms with Crippen LogP contribution in [0, 0.1) is 0 Å². The van der Waals surface area contributed by atoms with Gasteiger partial charge < -0.3 is 10.2 Å². The van der Waals surface area contributed by atoms with E-state index in [2.05, 4.69) is 0 Å². The second-order valence-electron chi connectivity index (χ2n) is 0. The molecule has 28 valence electrons. The monoisotopic (exact) mass is 67.1 g/mol. The maximum atomic E-state index is 7.52. The zero-order chi connectivity index (χ0) is 6.50. The Morgan fingerprint density at radius 1 is 1.50 bits per heavy atom. The lowest BCUT2D eigenvalue weighted by molar-refractivity contribution is 0.399. The van der Waals surface area contributed by atoms with Crippen LogP contribution in [0.5, 0.6) is 0 Å². The maximum Gasteiger partial charge on any atom is 0.0527 e. The molecule has 0 amide bonds. The summed E-state index contributed by atoms with van der Waals surface area (Å²) in [5, 5.41) is 14.5. The molecule has 0 aliphatic rings. The van der Waals surface area contributed by atoms with Gasteiger partial charge in [0.1, 0.15) is 0 Å². The van der Waals surface area contributed by atoms with Gasteiger partial charge in [-0.3, -0.25) is 0 Å². The Morgan fingerprint density at radius 3 is 1.50 bits per heavy atom. The summed E-state index contributed by atoms with van der Waals surface area (Å²) in [6, 6.07) is 0. The van der Waals surface area contributed by atoms with E-state index in [0.717, 1.165) is 7.11 Å². The lowest BCUT2D eigenvalue weighted by atomic mass is 11.8. The second-order valence-corrected chi connectivity index (χ2v) is 0. The standard InChI is InChI=1S/2CH4O/c2*1-2/h2*2H,1H3/i1D3;. The normalized spacial score (nSPS) is 17.2. The predicted molar refractivity (Wildman–Crippen MR) is 16.3 cm³/mol. The van der Waals surface area contributed by atoms with E-state index in [1.54, 1.807) is 0 Å². The first-order chi connectivity index (χ1) is 3.00. The van der Waals surface area contributed by atoms with Gasteiger partial charge in [0, 0.05) is 14.1 Å². The molecule has 0 spiro atoms. The molecule has 0 heterocycles. The number of hydrogen-bond acceptors (Lipinski definition) is 2. The van der Waals surface area contributed by atoms with Crippen molar-refractivity contribution >= 4 is 0 Å². The lowest BCUT2D eigenvalue weighted by Crippen LogP contribution is -1.25. The summed E-state index contributed by atoms with van der Waals surface area (Å²) < 4.78 is 17.5. The SMILES string of the molecule is CO.[2H]C([2H])([2H])O. The molecule has 0 atom stereocenters. The molecule has 0 rings (SSSR count). The Balaban J connectivity index is 0. The summed E-state index contributed by atoms with van der Waals surface area (Å²) in [6.45, 7) is 0. The fourth-order valence-corrected chi connectivity index (χ4v) is 0. The van der Waals surface area contributed by atoms with Gasteiger partial charge in [-0.1, -0.05) is 0 Å². The Kier molecular flexibility index (Phi) is 581. The first-order valence-electron chi connectivity index (χ1n) is 2.17. The largest absolute Gasteiger partial charge is 0.400 e. The quantitative estimate of drug-likeness (QED) is 0.390. The Bertz CT molecular complexity index is 26.4. The topological polar surface area (TPSA) is 40.5 Å². The summed E-state index contributed by atoms with van der Waals surface area (Å²) in [7, 11) is -1.75. The highest BCUT2D eigenvalue weighted by atomic mass is 16.2. The van der Waals surface area contributed by atoms with Gasteiger partial charge in [-0.05, 0) is 0 Å². The highest BCUT2D eigenvalue weighted by molar-refractivity contribution is 3.18. The summed E-state index contributed by atoms with van der Waals surface area (Å²) in [5.41, 5.74) is 0. The van der Waals surface area contributed by atoms with E-state index in [9.17, 15) is 0 Å². The van der Waals surface area contributed by atoms with Crippen molar-refractivity contribution in [3.05, 3.63) is 0 Å². The Morgan fingerprint density at radius 2 is 1.50 bits per heavy atom. The van der Waals surface area contributed by atoms with Crippen LogP contribution in [0.1, 0.15) is 4.11 Å². The smallest absolute Gasteiger partial charge is 0.0527 e. The minimum atomic E-state index is -2.75. The van der Waals surface area contributed by atoms with Crippen LogP contribution in [0.4, 0.5) is 0 Å². The average molecular weight is 67.1 g/mol. The van der Waals surface area contributed by atoms with Gasteiger partial charge in [-0.2, -0.15) is 0 Å². The number of hydrogen-bond donors (Lipinski definition) is 2. The average Bonchev–Trinajstić information content (AvgIpc) is 1.36. The van der Waals surface area contributed by atoms with Crippen molar-refractivity contribution in [2.45, 2.75) is 0 Å². The van der Waals surface area contributed by atoms with Crippen molar-refractivity contribution in [2.24, 2.45) is 0 Å². The molecule has 2 nitrogen and oxygen atoms in total. The van der Waals surface area contributed by atoms with Crippen LogP contribution in [0.3, 0.4) is 0 Å². The Labute approximate surface area is 29.9 Å². The third-order valence-corrected chi connectivity index (χ3v) is 0. The molecule has 2 heteroatoms. The van der Waals surface area contributed by atoms with Gasteiger partial charge in [-0.15, -0.1) is 0 Å². The van der Waals surface area contributed by atoms with E-state index in [0.29, 0.717) is 0 Å². The first-order valence-corrected chi connectivity index (χ1v) is 0.671. The molecule has 4 heavy (non-hydrogen) atoms. The third kappa shape index (κ3) is 254. The summed E-state index contributed by atoms with van der Waals surface area (Å²) >= 11 is 0. The number of aliphatic hydroxyl groups is 2. The van der Waals surface area contributed by atoms with Gasteiger partial charge >= 0.3 is 0 Å². The van der Waals surface area contributed by atoms with Crippen molar-refractivity contribution in [1.82, 2.24) is 0 Å². The molecule has 0 aromatic carbocycles. The highest BCUT2D eigenvalue weighted by Gasteiger charge is 0.841. The highest BCUT2D eigenvalue weighted by Crippen LogP contribution is 0.757. The molecule has 0 unspecified atom stereocenters. The number of aliphatic hydroxyl groups excluding tert-OH is 1. The van der Waals surface area contributed by atoms with Crippen LogP contribution in [0.2, 0.25) is 0 Å². The van der Waals surface area contributed by atoms with Crippen molar-refractivity contribution in [3.63, 3.8) is 0 Å². The van der Waals surface area contributed by atoms with Gasteiger partial charge in [0.2, 0.25) is 0 Å². The molecule has 0 saturated carbocycles. The van der Waals surface area contributed by atoms with Gasteiger partial charge in [-0.25, -0.2) is 0 Å². The molecule has 0 aliphatic carbocycles. The summed E-state index contributed by atoms with van der Waals surface area (Å²) in [6.07, 6.45) is 0. The molecule has 0 bridgehead atoms. The molecular weight excluding hydrogens is 56.0 g/mol. The van der Waals surface area contributed by atoms with E-state index in [-0.39, 0.29) is 0 Å². The lowest BCUT2D eigenvalue weighted by Gasteiger charge is -1.21. The maximum absolute atomic E-state index is 7.52. The predicted octanol–water partition coefficient (Wildman–Crippen LogP) is -0.783. The van der Waals surface area contributed by atoms with E-state index >= 15 is 0 Å². The van der Waals surface area contributed by atoms with Crippen LogP contribution in [0.25, 0.3) is 0 Å². The molecule has 0 aromatic heterocycles. The Hall–Kier alpha value is -0.0800. The molecule has 0 radical (unpaired) electrons. The van der Waals surface area contributed by atoms with E-state index < -0.39 is 7.04 Å². The fourth-order valence-electron chi connectivity index (χ4n) is 0. The summed E-state index contributed by atoms with van der Waals surface area (Å²) in [4.78, 5) is 0. The zero-order valence-corrected chi connectivity index (χ0v) is 2.39. The molecule has 0 fully saturated rings. The van der Waals surface area contributed by atoms with E-state index in [1.807, 2.05) is 0 Å². The molecule has 0 aliphatic heterocycles. The van der Waals surface area contributed by atoms with Crippen LogP contribution in [-0.2, 0) is 0 Å². The van der Waals surface area contributed by atoms with Gasteiger partial charge in [0.05, 0.1) is 4.11 Å². The molecule has 0 saturated heterocycles. The minimum absolute atomic E-state index is 1.00. The fraction of sp³-hybridized carbons (Fsp3) is 1.00. The first kappa shape index (κ1) is 1.38. The third-order valence-electron chi connectivity index (χ3n) is 0. The zero-order valence-electron chi connectivity index (χ0n) is 5.39. The summed E-state index contributed by atoms with van der Waals surface area (Å²) in [5.74, 6) is 0. The van der Waals surface area contributed by atoms with Crippen LogP contribution in [0.15, 0.2) is 0 Å². The van der Waals surface area contributed by atoms with E-state index in [1.165, 1.54) is 0 Å². The molecule has 2 N–H and O–H groups in total. The van der Waals surface area contributed by atoms with Crippen molar-refractivity contribution in [3.8, 4) is 0 Å². The van der Waals surface area contributed by atoms with Crippen LogP contribution in [-0.4, -0.2) is 24.4 Å². The van der Waals surface area contributed by atoms with Crippen molar-refractivity contribution in [1.29, 1.82) is 0 Å². The molecule has 0 aromatic rings. The molecular formula is C2H8O2. The van der Waals surface area contributed by atoms with E-state index in [4.69, 9.17) is 14.3 Å². The number of rotatable bonds is 0. The van der Waals surface area contributed by atoms with Crippen molar-refractivity contribution in [2.75, 3.05) is 14.1 Å². The van der Waals surface area contributed by atoms with Gasteiger partial charge in [0.25, 0.3) is 0 Å². The van der Waals surface area contributed by atoms with Crippen LogP contribution < -0.4 is 0 Å². The second kappa shape index (κ2) is 1680.